The topological polar surface area (TPSA) is 74.7 Å². The number of sulfonamides is 1. The summed E-state index contributed by atoms with van der Waals surface area (Å²) in [5.41, 5.74) is 0. The van der Waals surface area contributed by atoms with Crippen LogP contribution in [-0.4, -0.2) is 48.3 Å². The average Bonchev–Trinajstić information content (AvgIpc) is 2.35. The second-order valence-corrected chi connectivity index (χ2v) is 7.36. The number of hydrogen-bond acceptors (Lipinski definition) is 3. The zero-order chi connectivity index (χ0) is 15.7. The van der Waals surface area contributed by atoms with Crippen LogP contribution in [0.3, 0.4) is 0 Å². The summed E-state index contributed by atoms with van der Waals surface area (Å²) in [7, 11) is -2.75. The second-order valence-electron chi connectivity index (χ2n) is 5.09. The molecule has 118 valence electrons. The number of nitrogens with zero attached hydrogens (tertiary/aromatic N) is 1. The van der Waals surface area contributed by atoms with E-state index in [0.717, 1.165) is 11.4 Å². The average molecular weight is 317 g/mol. The van der Waals surface area contributed by atoms with E-state index < -0.39 is 39.4 Å². The predicted molar refractivity (Wildman–Crippen MR) is 65.6 cm³/mol. The fraction of sp³-hybridized carbons (Fsp3) is 0.909. The molecule has 20 heavy (non-hydrogen) atoms. The standard InChI is InChI=1S/C11H18F3NO4S/c1-7(10(16)17)15(2)20(18,19)9-5-3-8(4-6-9)11(12,13)14/h7-9H,3-6H2,1-2H3,(H,16,17). The second kappa shape index (κ2) is 5.88. The van der Waals surface area contributed by atoms with Gasteiger partial charge in [0.1, 0.15) is 6.04 Å². The SMILES string of the molecule is CC(C(=O)O)N(C)S(=O)(=O)C1CCC(C(F)(F)F)CC1. The van der Waals surface area contributed by atoms with E-state index in [9.17, 15) is 26.4 Å². The maximum atomic E-state index is 12.5. The molecule has 1 aliphatic rings. The Bertz CT molecular complexity index is 455. The monoisotopic (exact) mass is 317 g/mol. The maximum Gasteiger partial charge on any atom is 0.391 e. The molecule has 0 heterocycles. The zero-order valence-corrected chi connectivity index (χ0v) is 12.0. The van der Waals surface area contributed by atoms with E-state index in [1.165, 1.54) is 6.92 Å². The van der Waals surface area contributed by atoms with Gasteiger partial charge in [0, 0.05) is 7.05 Å². The van der Waals surface area contributed by atoms with Crippen molar-refractivity contribution in [1.29, 1.82) is 0 Å². The van der Waals surface area contributed by atoms with Gasteiger partial charge in [-0.3, -0.25) is 4.79 Å². The zero-order valence-electron chi connectivity index (χ0n) is 11.2. The molecule has 0 amide bonds. The molecule has 0 aromatic heterocycles. The first-order valence-corrected chi connectivity index (χ1v) is 7.74. The van der Waals surface area contributed by atoms with E-state index in [1.807, 2.05) is 0 Å². The van der Waals surface area contributed by atoms with Crippen molar-refractivity contribution in [2.24, 2.45) is 5.92 Å². The van der Waals surface area contributed by atoms with Gasteiger partial charge in [-0.25, -0.2) is 8.42 Å². The van der Waals surface area contributed by atoms with Gasteiger partial charge in [0.25, 0.3) is 0 Å². The van der Waals surface area contributed by atoms with Crippen molar-refractivity contribution in [3.8, 4) is 0 Å². The van der Waals surface area contributed by atoms with Gasteiger partial charge in [0.05, 0.1) is 11.2 Å². The summed E-state index contributed by atoms with van der Waals surface area (Å²) in [6, 6.07) is -1.24. The predicted octanol–water partition coefficient (Wildman–Crippen LogP) is 1.84. The molecule has 5 nitrogen and oxygen atoms in total. The molecule has 1 N–H and O–H groups in total. The van der Waals surface area contributed by atoms with Crippen LogP contribution in [0.15, 0.2) is 0 Å². The van der Waals surface area contributed by atoms with Crippen LogP contribution in [0.5, 0.6) is 0 Å². The Labute approximate surface area is 115 Å². The van der Waals surface area contributed by atoms with Crippen LogP contribution in [0, 0.1) is 5.92 Å². The molecule has 9 heteroatoms. The molecule has 0 aliphatic heterocycles. The van der Waals surface area contributed by atoms with Crippen molar-refractivity contribution < 1.29 is 31.5 Å². The molecule has 1 unspecified atom stereocenters. The van der Waals surface area contributed by atoms with Gasteiger partial charge in [-0.2, -0.15) is 17.5 Å². The normalized spacial score (nSPS) is 26.5. The van der Waals surface area contributed by atoms with Crippen LogP contribution in [0.2, 0.25) is 0 Å². The molecule has 0 aromatic carbocycles. The van der Waals surface area contributed by atoms with E-state index in [-0.39, 0.29) is 25.7 Å². The first-order chi connectivity index (χ1) is 8.98. The number of carboxylic acids is 1. The molecule has 1 rings (SSSR count). The fourth-order valence-electron chi connectivity index (χ4n) is 2.30. The van der Waals surface area contributed by atoms with Crippen molar-refractivity contribution in [3.63, 3.8) is 0 Å². The van der Waals surface area contributed by atoms with Crippen LogP contribution < -0.4 is 0 Å². The third kappa shape index (κ3) is 3.63. The Morgan fingerprint density at radius 1 is 1.25 bits per heavy atom. The van der Waals surface area contributed by atoms with E-state index in [1.54, 1.807) is 0 Å². The Hall–Kier alpha value is -0.830. The van der Waals surface area contributed by atoms with Crippen molar-refractivity contribution in [2.45, 2.75) is 50.1 Å². The van der Waals surface area contributed by atoms with Crippen molar-refractivity contribution in [3.05, 3.63) is 0 Å². The summed E-state index contributed by atoms with van der Waals surface area (Å²) in [4.78, 5) is 10.8. The van der Waals surface area contributed by atoms with E-state index in [2.05, 4.69) is 0 Å². The highest BCUT2D eigenvalue weighted by Crippen LogP contribution is 2.39. The lowest BCUT2D eigenvalue weighted by Crippen LogP contribution is -2.46. The molecule has 0 bridgehead atoms. The fourth-order valence-corrected chi connectivity index (χ4v) is 4.17. The largest absolute Gasteiger partial charge is 0.480 e. The number of carboxylic acid groups (broad SMARTS) is 1. The summed E-state index contributed by atoms with van der Waals surface area (Å²) in [6.07, 6.45) is -4.95. The van der Waals surface area contributed by atoms with Gasteiger partial charge in [-0.05, 0) is 32.6 Å². The Morgan fingerprint density at radius 3 is 2.05 bits per heavy atom. The minimum Gasteiger partial charge on any atom is -0.480 e. The van der Waals surface area contributed by atoms with E-state index in [0.29, 0.717) is 0 Å². The summed E-state index contributed by atoms with van der Waals surface area (Å²) >= 11 is 0. The van der Waals surface area contributed by atoms with Crippen LogP contribution >= 0.6 is 0 Å². The number of aliphatic carboxylic acids is 1. The van der Waals surface area contributed by atoms with E-state index in [4.69, 9.17) is 5.11 Å². The molecule has 0 spiro atoms. The number of halogens is 3. The highest BCUT2D eigenvalue weighted by Gasteiger charge is 2.45. The quantitative estimate of drug-likeness (QED) is 0.858. The smallest absolute Gasteiger partial charge is 0.391 e. The van der Waals surface area contributed by atoms with Gasteiger partial charge in [0.2, 0.25) is 10.0 Å². The number of carbonyl (C=O) groups is 1. The van der Waals surface area contributed by atoms with Crippen molar-refractivity contribution in [2.75, 3.05) is 7.05 Å². The third-order valence-corrected chi connectivity index (χ3v) is 6.30. The summed E-state index contributed by atoms with van der Waals surface area (Å²) in [5, 5.41) is 7.87. The summed E-state index contributed by atoms with van der Waals surface area (Å²) in [5.74, 6) is -2.75. The Morgan fingerprint density at radius 2 is 1.70 bits per heavy atom. The van der Waals surface area contributed by atoms with Crippen molar-refractivity contribution >= 4 is 16.0 Å². The molecule has 0 aromatic rings. The molecule has 0 saturated heterocycles. The van der Waals surface area contributed by atoms with Crippen LogP contribution in [-0.2, 0) is 14.8 Å². The first kappa shape index (κ1) is 17.2. The highest BCUT2D eigenvalue weighted by atomic mass is 32.2. The van der Waals surface area contributed by atoms with Gasteiger partial charge in [0.15, 0.2) is 0 Å². The molecule has 1 aliphatic carbocycles. The van der Waals surface area contributed by atoms with Gasteiger partial charge >= 0.3 is 12.1 Å². The molecule has 0 radical (unpaired) electrons. The Kier molecular flexibility index (Phi) is 5.07. The van der Waals surface area contributed by atoms with Gasteiger partial charge in [-0.15, -0.1) is 0 Å². The van der Waals surface area contributed by atoms with Crippen molar-refractivity contribution in [1.82, 2.24) is 4.31 Å². The van der Waals surface area contributed by atoms with Crippen LogP contribution in [0.25, 0.3) is 0 Å². The number of rotatable bonds is 4. The van der Waals surface area contributed by atoms with Crippen LogP contribution in [0.4, 0.5) is 13.2 Å². The number of alkyl halides is 3. The lowest BCUT2D eigenvalue weighted by atomic mass is 9.88. The number of hydrogen-bond donors (Lipinski definition) is 1. The summed E-state index contributed by atoms with van der Waals surface area (Å²) in [6.45, 7) is 1.22. The summed E-state index contributed by atoms with van der Waals surface area (Å²) < 4.78 is 62.6. The first-order valence-electron chi connectivity index (χ1n) is 6.24. The highest BCUT2D eigenvalue weighted by molar-refractivity contribution is 7.89. The van der Waals surface area contributed by atoms with E-state index >= 15 is 0 Å². The molecular weight excluding hydrogens is 299 g/mol. The Balaban J connectivity index is 2.75. The third-order valence-electron chi connectivity index (χ3n) is 3.86. The lowest BCUT2D eigenvalue weighted by molar-refractivity contribution is -0.181. The molecular formula is C11H18F3NO4S. The van der Waals surface area contributed by atoms with Crippen LogP contribution in [0.1, 0.15) is 32.6 Å². The minimum atomic E-state index is -4.30. The molecule has 1 atom stereocenters. The minimum absolute atomic E-state index is 0.0941. The van der Waals surface area contributed by atoms with Gasteiger partial charge in [-0.1, -0.05) is 0 Å². The lowest BCUT2D eigenvalue weighted by Gasteiger charge is -2.32. The van der Waals surface area contributed by atoms with Gasteiger partial charge < -0.3 is 5.11 Å². The molecule has 1 fully saturated rings. The number of likely N-dealkylation sites (N-methyl/N-ethyl adjacent to an activating group) is 1. The maximum absolute atomic E-state index is 12.5. The molecule has 1 saturated carbocycles.